The molecule has 0 heterocycles. The van der Waals surface area contributed by atoms with Crippen molar-refractivity contribution in [3.8, 4) is 0 Å². The van der Waals surface area contributed by atoms with Gasteiger partial charge in [0.2, 0.25) is 0 Å². The van der Waals surface area contributed by atoms with Gasteiger partial charge >= 0.3 is 17.9 Å². The van der Waals surface area contributed by atoms with E-state index in [1.54, 1.807) is 0 Å². The molecular weight excluding hydrogens is 769 g/mol. The van der Waals surface area contributed by atoms with Crippen LogP contribution in [-0.2, 0) is 28.6 Å². The van der Waals surface area contributed by atoms with Crippen LogP contribution >= 0.6 is 0 Å². The molecular formula is C56H100O6. The lowest BCUT2D eigenvalue weighted by Gasteiger charge is -2.18. The molecule has 0 bridgehead atoms. The molecule has 0 saturated heterocycles. The summed E-state index contributed by atoms with van der Waals surface area (Å²) in [5.74, 6) is -0.934. The number of rotatable bonds is 48. The molecule has 1 atom stereocenters. The third-order valence-electron chi connectivity index (χ3n) is 11.6. The van der Waals surface area contributed by atoms with Crippen LogP contribution in [0.25, 0.3) is 0 Å². The Labute approximate surface area is 384 Å². The third-order valence-corrected chi connectivity index (χ3v) is 11.6. The quantitative estimate of drug-likeness (QED) is 0.0262. The molecule has 0 aromatic carbocycles. The van der Waals surface area contributed by atoms with Gasteiger partial charge in [0.1, 0.15) is 13.2 Å². The topological polar surface area (TPSA) is 78.9 Å². The first-order valence-corrected chi connectivity index (χ1v) is 26.6. The summed E-state index contributed by atoms with van der Waals surface area (Å²) in [6.07, 6.45) is 61.0. The van der Waals surface area contributed by atoms with E-state index in [1.165, 1.54) is 161 Å². The molecule has 0 unspecified atom stereocenters. The molecule has 0 radical (unpaired) electrons. The van der Waals surface area contributed by atoms with Crippen LogP contribution in [0.4, 0.5) is 0 Å². The predicted octanol–water partition coefficient (Wildman–Crippen LogP) is 17.5. The molecule has 0 rings (SSSR count). The summed E-state index contributed by atoms with van der Waals surface area (Å²) in [6, 6.07) is 0. The van der Waals surface area contributed by atoms with Crippen LogP contribution < -0.4 is 0 Å². The maximum absolute atomic E-state index is 12.8. The van der Waals surface area contributed by atoms with Crippen molar-refractivity contribution in [3.05, 3.63) is 48.6 Å². The SMILES string of the molecule is CCCCC/C=C\C/C=C\C/C=C\C/C=C\CCCC(=O)OC[C@H](COC(=O)CCCCCCCCCCCCCCCCC)OC(=O)CCCCCCCCCCCCCC. The van der Waals surface area contributed by atoms with Gasteiger partial charge in [0, 0.05) is 19.3 Å². The maximum Gasteiger partial charge on any atom is 0.306 e. The number of unbranched alkanes of at least 4 members (excludes halogenated alkanes) is 29. The average molecular weight is 869 g/mol. The van der Waals surface area contributed by atoms with Crippen molar-refractivity contribution in [1.82, 2.24) is 0 Å². The second kappa shape index (κ2) is 51.0. The predicted molar refractivity (Wildman–Crippen MR) is 265 cm³/mol. The Balaban J connectivity index is 4.42. The minimum Gasteiger partial charge on any atom is -0.462 e. The van der Waals surface area contributed by atoms with Crippen molar-refractivity contribution >= 4 is 17.9 Å². The minimum absolute atomic E-state index is 0.0861. The average Bonchev–Trinajstić information content (AvgIpc) is 3.27. The van der Waals surface area contributed by atoms with Gasteiger partial charge in [0.15, 0.2) is 6.10 Å². The van der Waals surface area contributed by atoms with Crippen LogP contribution in [0.2, 0.25) is 0 Å². The number of carbonyl (C=O) groups is 3. The number of allylic oxidation sites excluding steroid dienone is 8. The van der Waals surface area contributed by atoms with E-state index in [0.29, 0.717) is 19.3 Å². The first-order chi connectivity index (χ1) is 30.5. The Morgan fingerprint density at radius 1 is 0.323 bits per heavy atom. The van der Waals surface area contributed by atoms with E-state index >= 15 is 0 Å². The van der Waals surface area contributed by atoms with Crippen LogP contribution in [0, 0.1) is 0 Å². The van der Waals surface area contributed by atoms with Gasteiger partial charge in [-0.05, 0) is 57.8 Å². The Morgan fingerprint density at radius 3 is 0.968 bits per heavy atom. The van der Waals surface area contributed by atoms with Gasteiger partial charge in [-0.25, -0.2) is 0 Å². The Kier molecular flexibility index (Phi) is 48.8. The monoisotopic (exact) mass is 869 g/mol. The first kappa shape index (κ1) is 59.4. The molecule has 0 N–H and O–H groups in total. The molecule has 0 fully saturated rings. The first-order valence-electron chi connectivity index (χ1n) is 26.6. The van der Waals surface area contributed by atoms with Crippen LogP contribution in [0.1, 0.15) is 271 Å². The van der Waals surface area contributed by atoms with Gasteiger partial charge in [-0.3, -0.25) is 14.4 Å². The van der Waals surface area contributed by atoms with Crippen molar-refractivity contribution in [2.75, 3.05) is 13.2 Å². The Hall–Kier alpha value is -2.63. The molecule has 360 valence electrons. The highest BCUT2D eigenvalue weighted by molar-refractivity contribution is 5.71. The van der Waals surface area contributed by atoms with E-state index in [2.05, 4.69) is 69.4 Å². The maximum atomic E-state index is 12.8. The number of hydrogen-bond donors (Lipinski definition) is 0. The van der Waals surface area contributed by atoms with E-state index < -0.39 is 6.10 Å². The summed E-state index contributed by atoms with van der Waals surface area (Å²) >= 11 is 0. The smallest absolute Gasteiger partial charge is 0.306 e. The van der Waals surface area contributed by atoms with Crippen molar-refractivity contribution < 1.29 is 28.6 Å². The summed E-state index contributed by atoms with van der Waals surface area (Å²) < 4.78 is 16.8. The van der Waals surface area contributed by atoms with E-state index in [4.69, 9.17) is 14.2 Å². The van der Waals surface area contributed by atoms with Gasteiger partial charge in [0.05, 0.1) is 0 Å². The molecule has 0 aliphatic rings. The number of carbonyl (C=O) groups excluding carboxylic acids is 3. The molecule has 0 aliphatic carbocycles. The van der Waals surface area contributed by atoms with E-state index in [-0.39, 0.29) is 37.5 Å². The lowest BCUT2D eigenvalue weighted by Crippen LogP contribution is -2.30. The third kappa shape index (κ3) is 48.4. The van der Waals surface area contributed by atoms with Crippen LogP contribution in [0.3, 0.4) is 0 Å². The highest BCUT2D eigenvalue weighted by Gasteiger charge is 2.19. The van der Waals surface area contributed by atoms with Gasteiger partial charge in [-0.1, -0.05) is 243 Å². The van der Waals surface area contributed by atoms with E-state index in [0.717, 1.165) is 64.2 Å². The summed E-state index contributed by atoms with van der Waals surface area (Å²) in [6.45, 7) is 6.58. The van der Waals surface area contributed by atoms with Crippen LogP contribution in [0.5, 0.6) is 0 Å². The largest absolute Gasteiger partial charge is 0.462 e. The van der Waals surface area contributed by atoms with Crippen LogP contribution in [0.15, 0.2) is 48.6 Å². The molecule has 6 heteroatoms. The zero-order valence-electron chi connectivity index (χ0n) is 41.1. The Morgan fingerprint density at radius 2 is 0.597 bits per heavy atom. The fourth-order valence-corrected chi connectivity index (χ4v) is 7.55. The van der Waals surface area contributed by atoms with Gasteiger partial charge in [-0.2, -0.15) is 0 Å². The molecule has 0 spiro atoms. The highest BCUT2D eigenvalue weighted by atomic mass is 16.6. The second-order valence-electron chi connectivity index (χ2n) is 17.8. The number of hydrogen-bond acceptors (Lipinski definition) is 6. The summed E-state index contributed by atoms with van der Waals surface area (Å²) in [7, 11) is 0. The lowest BCUT2D eigenvalue weighted by molar-refractivity contribution is -0.167. The summed E-state index contributed by atoms with van der Waals surface area (Å²) in [4.78, 5) is 38.0. The number of esters is 3. The molecule has 0 saturated carbocycles. The highest BCUT2D eigenvalue weighted by Crippen LogP contribution is 2.16. The fourth-order valence-electron chi connectivity index (χ4n) is 7.55. The molecule has 62 heavy (non-hydrogen) atoms. The van der Waals surface area contributed by atoms with Gasteiger partial charge < -0.3 is 14.2 Å². The second-order valence-corrected chi connectivity index (χ2v) is 17.8. The summed E-state index contributed by atoms with van der Waals surface area (Å²) in [5, 5.41) is 0. The summed E-state index contributed by atoms with van der Waals surface area (Å²) in [5.41, 5.74) is 0. The lowest BCUT2D eigenvalue weighted by atomic mass is 10.0. The molecule has 0 amide bonds. The normalized spacial score (nSPS) is 12.4. The molecule has 0 aliphatic heterocycles. The molecule has 0 aromatic rings. The van der Waals surface area contributed by atoms with E-state index in [1.807, 2.05) is 0 Å². The van der Waals surface area contributed by atoms with Crippen molar-refractivity contribution in [3.63, 3.8) is 0 Å². The zero-order chi connectivity index (χ0) is 45.1. The minimum atomic E-state index is -0.790. The van der Waals surface area contributed by atoms with Crippen molar-refractivity contribution in [1.29, 1.82) is 0 Å². The van der Waals surface area contributed by atoms with Gasteiger partial charge in [-0.15, -0.1) is 0 Å². The standard InChI is InChI=1S/C56H100O6/c1-4-7-10-13-16-19-22-25-27-28-30-32-35-37-40-43-46-49-55(58)61-52-53(62-56(59)50-47-44-41-38-33-24-21-18-15-12-9-6-3)51-60-54(57)48-45-42-39-36-34-31-29-26-23-20-17-14-11-8-5-2/h16,19,25,27,30,32,37,40,53H,4-15,17-18,20-24,26,28-29,31,33-36,38-39,41-52H2,1-3H3/b19-16-,27-25-,32-30-,40-37-/t53-/m0/s1. The molecule has 6 nitrogen and oxygen atoms in total. The van der Waals surface area contributed by atoms with E-state index in [9.17, 15) is 14.4 Å². The molecule has 0 aromatic heterocycles. The van der Waals surface area contributed by atoms with Crippen molar-refractivity contribution in [2.24, 2.45) is 0 Å². The van der Waals surface area contributed by atoms with Crippen molar-refractivity contribution in [2.45, 2.75) is 277 Å². The van der Waals surface area contributed by atoms with Crippen LogP contribution in [-0.4, -0.2) is 37.2 Å². The zero-order valence-corrected chi connectivity index (χ0v) is 41.1. The fraction of sp³-hybridized carbons (Fsp3) is 0.804. The Bertz CT molecular complexity index is 1090. The van der Waals surface area contributed by atoms with Gasteiger partial charge in [0.25, 0.3) is 0 Å². The number of ether oxygens (including phenoxy) is 3.